The fourth-order valence-electron chi connectivity index (χ4n) is 2.49. The highest BCUT2D eigenvalue weighted by Crippen LogP contribution is 2.25. The summed E-state index contributed by atoms with van der Waals surface area (Å²) in [6.45, 7) is 4.96. The summed E-state index contributed by atoms with van der Waals surface area (Å²) in [7, 11) is 0. The van der Waals surface area contributed by atoms with Gasteiger partial charge in [-0.1, -0.05) is 25.6 Å². The highest BCUT2D eigenvalue weighted by molar-refractivity contribution is 7.99. The number of carbonyl (C=O) groups excluding carboxylic acids is 1. The van der Waals surface area contributed by atoms with Crippen LogP contribution in [0.15, 0.2) is 53.9 Å². The van der Waals surface area contributed by atoms with Crippen LogP contribution in [-0.4, -0.2) is 31.4 Å². The van der Waals surface area contributed by atoms with Crippen LogP contribution >= 0.6 is 11.8 Å². The first-order valence-corrected chi connectivity index (χ1v) is 9.53. The van der Waals surface area contributed by atoms with Crippen molar-refractivity contribution in [3.8, 4) is 11.4 Å². The summed E-state index contributed by atoms with van der Waals surface area (Å²) in [5, 5.41) is 12.0. The molecular weight excluding hydrogens is 365 g/mol. The van der Waals surface area contributed by atoms with Gasteiger partial charge >= 0.3 is 0 Å². The minimum atomic E-state index is -0.341. The second kappa shape index (κ2) is 8.77. The fourth-order valence-corrected chi connectivity index (χ4v) is 3.24. The van der Waals surface area contributed by atoms with Gasteiger partial charge in [-0.2, -0.15) is 0 Å². The lowest BCUT2D eigenvalue weighted by atomic mass is 10.2. The van der Waals surface area contributed by atoms with Crippen LogP contribution in [0.25, 0.3) is 11.4 Å². The van der Waals surface area contributed by atoms with Crippen molar-refractivity contribution in [1.29, 1.82) is 0 Å². The van der Waals surface area contributed by atoms with E-state index in [1.807, 2.05) is 16.7 Å². The predicted molar refractivity (Wildman–Crippen MR) is 104 cm³/mol. The number of thioether (sulfide) groups is 1. The Balaban J connectivity index is 1.71. The van der Waals surface area contributed by atoms with Gasteiger partial charge < -0.3 is 9.88 Å². The number of amides is 1. The van der Waals surface area contributed by atoms with Crippen LogP contribution in [0.5, 0.6) is 0 Å². The molecule has 0 fully saturated rings. The highest BCUT2D eigenvalue weighted by atomic mass is 32.2. The molecule has 0 saturated heterocycles. The topological polar surface area (TPSA) is 72.7 Å². The predicted octanol–water partition coefficient (Wildman–Crippen LogP) is 3.87. The molecule has 2 heterocycles. The molecule has 2 aromatic heterocycles. The van der Waals surface area contributed by atoms with Crippen LogP contribution in [-0.2, 0) is 11.3 Å². The quantitative estimate of drug-likeness (QED) is 0.625. The second-order valence-corrected chi connectivity index (χ2v) is 7.34. The Kier molecular flexibility index (Phi) is 6.18. The number of carbonyl (C=O) groups is 1. The van der Waals surface area contributed by atoms with Gasteiger partial charge in [0.15, 0.2) is 11.0 Å². The number of hydrogen-bond donors (Lipinski definition) is 1. The third kappa shape index (κ3) is 5.13. The molecule has 3 rings (SSSR count). The van der Waals surface area contributed by atoms with Crippen molar-refractivity contribution in [2.75, 3.05) is 11.1 Å². The molecule has 0 aliphatic carbocycles. The van der Waals surface area contributed by atoms with E-state index < -0.39 is 0 Å². The number of rotatable bonds is 7. The van der Waals surface area contributed by atoms with Gasteiger partial charge in [-0.15, -0.1) is 10.2 Å². The number of halogens is 1. The van der Waals surface area contributed by atoms with Crippen LogP contribution < -0.4 is 5.32 Å². The molecule has 0 saturated carbocycles. The molecule has 1 aromatic carbocycles. The summed E-state index contributed by atoms with van der Waals surface area (Å²) in [6, 6.07) is 9.46. The van der Waals surface area contributed by atoms with Crippen LogP contribution in [0, 0.1) is 11.7 Å². The smallest absolute Gasteiger partial charge is 0.234 e. The fraction of sp³-hybridized carbons (Fsp3) is 0.263. The van der Waals surface area contributed by atoms with Gasteiger partial charge in [-0.25, -0.2) is 4.39 Å². The van der Waals surface area contributed by atoms with Gasteiger partial charge in [0.25, 0.3) is 0 Å². The van der Waals surface area contributed by atoms with Crippen LogP contribution in [0.1, 0.15) is 13.8 Å². The second-order valence-electron chi connectivity index (χ2n) is 6.40. The SMILES string of the molecule is CC(C)Cn1c(SCC(=O)Nc2ccc(F)cc2)nnc1-c1cccnc1. The molecule has 0 bridgehead atoms. The van der Waals surface area contributed by atoms with E-state index in [-0.39, 0.29) is 17.5 Å². The molecule has 0 aliphatic rings. The van der Waals surface area contributed by atoms with Gasteiger partial charge in [0.1, 0.15) is 5.82 Å². The monoisotopic (exact) mass is 385 g/mol. The zero-order valence-corrected chi connectivity index (χ0v) is 15.9. The molecule has 0 unspecified atom stereocenters. The number of anilines is 1. The minimum absolute atomic E-state index is 0.181. The Morgan fingerprint density at radius 2 is 2.00 bits per heavy atom. The Hall–Kier alpha value is -2.74. The third-order valence-corrected chi connectivity index (χ3v) is 4.61. The van der Waals surface area contributed by atoms with Crippen LogP contribution in [0.4, 0.5) is 10.1 Å². The number of aromatic nitrogens is 4. The standard InChI is InChI=1S/C19H20FN5OS/c1-13(2)11-25-18(14-4-3-9-21-10-14)23-24-19(25)27-12-17(26)22-16-7-5-15(20)6-8-16/h3-10,13H,11-12H2,1-2H3,(H,22,26). The summed E-state index contributed by atoms with van der Waals surface area (Å²) in [5.74, 6) is 0.781. The summed E-state index contributed by atoms with van der Waals surface area (Å²) in [5.41, 5.74) is 1.44. The van der Waals surface area contributed by atoms with E-state index in [0.29, 0.717) is 16.8 Å². The van der Waals surface area contributed by atoms with Gasteiger partial charge in [0, 0.05) is 30.2 Å². The van der Waals surface area contributed by atoms with Crippen molar-refractivity contribution in [3.63, 3.8) is 0 Å². The third-order valence-electron chi connectivity index (χ3n) is 3.64. The average molecular weight is 385 g/mol. The normalized spacial score (nSPS) is 11.0. The molecule has 27 heavy (non-hydrogen) atoms. The van der Waals surface area contributed by atoms with Gasteiger partial charge in [0.05, 0.1) is 5.75 Å². The largest absolute Gasteiger partial charge is 0.325 e. The zero-order chi connectivity index (χ0) is 19.2. The van der Waals surface area contributed by atoms with Crippen LogP contribution in [0.3, 0.4) is 0 Å². The minimum Gasteiger partial charge on any atom is -0.325 e. The van der Waals surface area contributed by atoms with Gasteiger partial charge in [-0.3, -0.25) is 9.78 Å². The molecule has 1 N–H and O–H groups in total. The van der Waals surface area contributed by atoms with E-state index in [1.54, 1.807) is 12.4 Å². The first kappa shape index (κ1) is 19.0. The Labute approximate surface area is 161 Å². The van der Waals surface area contributed by atoms with Gasteiger partial charge in [0.2, 0.25) is 5.91 Å². The zero-order valence-electron chi connectivity index (χ0n) is 15.1. The highest BCUT2D eigenvalue weighted by Gasteiger charge is 2.16. The van der Waals surface area contributed by atoms with Crippen molar-refractivity contribution in [2.45, 2.75) is 25.5 Å². The maximum atomic E-state index is 12.9. The van der Waals surface area contributed by atoms with E-state index in [4.69, 9.17) is 0 Å². The van der Waals surface area contributed by atoms with Crippen molar-refractivity contribution in [2.24, 2.45) is 5.92 Å². The van der Waals surface area contributed by atoms with Gasteiger partial charge in [-0.05, 0) is 42.3 Å². The molecular formula is C19H20FN5OS. The molecule has 3 aromatic rings. The summed E-state index contributed by atoms with van der Waals surface area (Å²) >= 11 is 1.32. The average Bonchev–Trinajstić information content (AvgIpc) is 3.04. The van der Waals surface area contributed by atoms with Crippen molar-refractivity contribution in [1.82, 2.24) is 19.7 Å². The Bertz CT molecular complexity index is 896. The molecule has 1 amide bonds. The number of pyridine rings is 1. The van der Waals surface area contributed by atoms with E-state index >= 15 is 0 Å². The molecule has 6 nitrogen and oxygen atoms in total. The lowest BCUT2D eigenvalue weighted by molar-refractivity contribution is -0.113. The lowest BCUT2D eigenvalue weighted by Crippen LogP contribution is -2.15. The van der Waals surface area contributed by atoms with E-state index in [0.717, 1.165) is 17.9 Å². The summed E-state index contributed by atoms with van der Waals surface area (Å²) < 4.78 is 15.0. The van der Waals surface area contributed by atoms with E-state index in [9.17, 15) is 9.18 Å². The van der Waals surface area contributed by atoms with Crippen molar-refractivity contribution < 1.29 is 9.18 Å². The molecule has 0 radical (unpaired) electrons. The Morgan fingerprint density at radius 3 is 2.67 bits per heavy atom. The molecule has 0 aliphatic heterocycles. The molecule has 8 heteroatoms. The summed E-state index contributed by atoms with van der Waals surface area (Å²) in [6.07, 6.45) is 3.46. The van der Waals surface area contributed by atoms with Crippen LogP contribution in [0.2, 0.25) is 0 Å². The number of nitrogens with one attached hydrogen (secondary N) is 1. The number of benzene rings is 1. The summed E-state index contributed by atoms with van der Waals surface area (Å²) in [4.78, 5) is 16.3. The lowest BCUT2D eigenvalue weighted by Gasteiger charge is -2.12. The van der Waals surface area contributed by atoms with Crippen molar-refractivity contribution in [3.05, 3.63) is 54.6 Å². The number of hydrogen-bond acceptors (Lipinski definition) is 5. The first-order valence-electron chi connectivity index (χ1n) is 8.54. The maximum Gasteiger partial charge on any atom is 0.234 e. The molecule has 0 atom stereocenters. The van der Waals surface area contributed by atoms with E-state index in [1.165, 1.54) is 36.0 Å². The first-order chi connectivity index (χ1) is 13.0. The number of nitrogens with zero attached hydrogens (tertiary/aromatic N) is 4. The molecule has 0 spiro atoms. The van der Waals surface area contributed by atoms with Crippen molar-refractivity contribution >= 4 is 23.4 Å². The molecule has 140 valence electrons. The maximum absolute atomic E-state index is 12.9. The van der Waals surface area contributed by atoms with E-state index in [2.05, 4.69) is 34.3 Å². The Morgan fingerprint density at radius 1 is 1.22 bits per heavy atom.